The summed E-state index contributed by atoms with van der Waals surface area (Å²) in [5.74, 6) is 0.945. The fourth-order valence-electron chi connectivity index (χ4n) is 3.93. The Hall–Kier alpha value is -2.61. The van der Waals surface area contributed by atoms with Crippen LogP contribution in [0.15, 0.2) is 30.6 Å². The van der Waals surface area contributed by atoms with E-state index >= 15 is 0 Å². The number of ether oxygens (including phenoxy) is 1. The molecule has 0 saturated carbocycles. The minimum absolute atomic E-state index is 0.0132. The molecular weight excluding hydrogens is 344 g/mol. The standard InChI is InChI=1S/C19H26N6O2/c1-23(2)15-4-5-17(20-12-15)24-9-3-7-19(13-24)14-25(10-11-27-19)18(26)16-6-8-21-22-16/h4-6,8,12H,3,7,9-11,13-14H2,1-2H3,(H,21,22). The number of hydrogen-bond acceptors (Lipinski definition) is 6. The summed E-state index contributed by atoms with van der Waals surface area (Å²) in [7, 11) is 4.02. The monoisotopic (exact) mass is 370 g/mol. The number of rotatable bonds is 3. The van der Waals surface area contributed by atoms with Crippen molar-refractivity contribution < 1.29 is 9.53 Å². The van der Waals surface area contributed by atoms with E-state index in [2.05, 4.69) is 32.2 Å². The second kappa shape index (κ2) is 7.19. The maximum Gasteiger partial charge on any atom is 0.272 e. The van der Waals surface area contributed by atoms with Crippen LogP contribution in [0.4, 0.5) is 11.5 Å². The molecule has 8 heteroatoms. The fourth-order valence-corrected chi connectivity index (χ4v) is 3.93. The number of amides is 1. The van der Waals surface area contributed by atoms with Crippen LogP contribution in [0.25, 0.3) is 0 Å². The fraction of sp³-hybridized carbons (Fsp3) is 0.526. The average molecular weight is 370 g/mol. The van der Waals surface area contributed by atoms with E-state index in [0.717, 1.165) is 37.4 Å². The second-order valence-corrected chi connectivity index (χ2v) is 7.52. The molecule has 2 saturated heterocycles. The molecule has 2 aliphatic rings. The van der Waals surface area contributed by atoms with E-state index in [-0.39, 0.29) is 11.5 Å². The lowest BCUT2D eigenvalue weighted by Crippen LogP contribution is -2.61. The highest BCUT2D eigenvalue weighted by molar-refractivity contribution is 5.92. The highest BCUT2D eigenvalue weighted by atomic mass is 16.5. The van der Waals surface area contributed by atoms with Crippen molar-refractivity contribution in [1.29, 1.82) is 0 Å². The molecule has 0 radical (unpaired) electrons. The summed E-state index contributed by atoms with van der Waals surface area (Å²) in [6, 6.07) is 5.86. The van der Waals surface area contributed by atoms with E-state index in [4.69, 9.17) is 4.74 Å². The first-order chi connectivity index (χ1) is 13.1. The van der Waals surface area contributed by atoms with Gasteiger partial charge in [0.05, 0.1) is 31.6 Å². The number of carbonyl (C=O) groups is 1. The zero-order chi connectivity index (χ0) is 18.9. The lowest BCUT2D eigenvalue weighted by molar-refractivity contribution is -0.105. The Labute approximate surface area is 159 Å². The first kappa shape index (κ1) is 17.8. The predicted molar refractivity (Wildman–Crippen MR) is 103 cm³/mol. The molecule has 2 aromatic heterocycles. The van der Waals surface area contributed by atoms with E-state index < -0.39 is 0 Å². The van der Waals surface area contributed by atoms with Crippen LogP contribution in [0.5, 0.6) is 0 Å². The van der Waals surface area contributed by atoms with Crippen molar-refractivity contribution in [1.82, 2.24) is 20.1 Å². The summed E-state index contributed by atoms with van der Waals surface area (Å²) in [6.07, 6.45) is 5.47. The third-order valence-electron chi connectivity index (χ3n) is 5.38. The van der Waals surface area contributed by atoms with Crippen molar-refractivity contribution in [2.45, 2.75) is 18.4 Å². The van der Waals surface area contributed by atoms with Gasteiger partial charge in [0.2, 0.25) is 0 Å². The Bertz CT molecular complexity index is 772. The third-order valence-corrected chi connectivity index (χ3v) is 5.38. The molecule has 144 valence electrons. The van der Waals surface area contributed by atoms with Crippen LogP contribution in [-0.2, 0) is 4.74 Å². The Kier molecular flexibility index (Phi) is 4.73. The van der Waals surface area contributed by atoms with Crippen molar-refractivity contribution >= 4 is 17.4 Å². The number of carbonyl (C=O) groups excluding carboxylic acids is 1. The van der Waals surface area contributed by atoms with Gasteiger partial charge in [0, 0.05) is 33.4 Å². The zero-order valence-electron chi connectivity index (χ0n) is 15.9. The van der Waals surface area contributed by atoms with E-state index in [1.165, 1.54) is 0 Å². The van der Waals surface area contributed by atoms with Gasteiger partial charge in [-0.3, -0.25) is 9.89 Å². The van der Waals surface area contributed by atoms with Crippen molar-refractivity contribution in [3.8, 4) is 0 Å². The van der Waals surface area contributed by atoms with Crippen molar-refractivity contribution in [3.63, 3.8) is 0 Å². The number of aromatic amines is 1. The first-order valence-electron chi connectivity index (χ1n) is 9.37. The maximum atomic E-state index is 12.7. The number of piperidine rings is 1. The third kappa shape index (κ3) is 3.62. The van der Waals surface area contributed by atoms with Gasteiger partial charge in [-0.2, -0.15) is 5.10 Å². The first-order valence-corrected chi connectivity index (χ1v) is 9.37. The summed E-state index contributed by atoms with van der Waals surface area (Å²) >= 11 is 0. The zero-order valence-corrected chi connectivity index (χ0v) is 15.9. The smallest absolute Gasteiger partial charge is 0.272 e. The molecule has 0 aliphatic carbocycles. The van der Waals surface area contributed by atoms with E-state index in [9.17, 15) is 4.79 Å². The summed E-state index contributed by atoms with van der Waals surface area (Å²) < 4.78 is 6.22. The summed E-state index contributed by atoms with van der Waals surface area (Å²) in [4.78, 5) is 23.5. The average Bonchev–Trinajstić information content (AvgIpc) is 3.22. The number of nitrogens with zero attached hydrogens (tertiary/aromatic N) is 5. The molecule has 2 fully saturated rings. The minimum Gasteiger partial charge on any atom is -0.376 e. The molecule has 2 aliphatic heterocycles. The van der Waals surface area contributed by atoms with E-state index in [0.29, 0.717) is 25.4 Å². The molecule has 27 heavy (non-hydrogen) atoms. The predicted octanol–water partition coefficient (Wildman–Crippen LogP) is 1.38. The van der Waals surface area contributed by atoms with Crippen LogP contribution < -0.4 is 9.80 Å². The summed E-state index contributed by atoms with van der Waals surface area (Å²) in [6.45, 7) is 3.45. The summed E-state index contributed by atoms with van der Waals surface area (Å²) in [5.41, 5.74) is 1.27. The number of pyridine rings is 1. The molecule has 0 bridgehead atoms. The molecule has 1 unspecified atom stereocenters. The highest BCUT2D eigenvalue weighted by Crippen LogP contribution is 2.31. The van der Waals surface area contributed by atoms with Gasteiger partial charge in [0.15, 0.2) is 0 Å². The van der Waals surface area contributed by atoms with Crippen LogP contribution in [0, 0.1) is 0 Å². The highest BCUT2D eigenvalue weighted by Gasteiger charge is 2.42. The van der Waals surface area contributed by atoms with Gasteiger partial charge in [-0.05, 0) is 31.0 Å². The quantitative estimate of drug-likeness (QED) is 0.880. The molecular formula is C19H26N6O2. The largest absolute Gasteiger partial charge is 0.376 e. The molecule has 4 rings (SSSR count). The Morgan fingerprint density at radius 3 is 2.85 bits per heavy atom. The Balaban J connectivity index is 1.48. The van der Waals surface area contributed by atoms with Gasteiger partial charge in [-0.25, -0.2) is 4.98 Å². The normalized spacial score (nSPS) is 22.9. The molecule has 1 amide bonds. The maximum absolute atomic E-state index is 12.7. The van der Waals surface area contributed by atoms with Crippen LogP contribution in [-0.4, -0.2) is 78.5 Å². The van der Waals surface area contributed by atoms with Crippen LogP contribution in [0.2, 0.25) is 0 Å². The SMILES string of the molecule is CN(C)c1ccc(N2CCCC3(CN(C(=O)c4ccn[nH]4)CCO3)C2)nc1. The molecule has 8 nitrogen and oxygen atoms in total. The van der Waals surface area contributed by atoms with Gasteiger partial charge in [0.1, 0.15) is 17.1 Å². The molecule has 4 heterocycles. The number of H-pyrrole nitrogens is 1. The number of anilines is 2. The molecule has 1 atom stereocenters. The summed E-state index contributed by atoms with van der Waals surface area (Å²) in [5, 5.41) is 6.66. The van der Waals surface area contributed by atoms with E-state index in [1.807, 2.05) is 30.1 Å². The van der Waals surface area contributed by atoms with Gasteiger partial charge in [-0.15, -0.1) is 0 Å². The van der Waals surface area contributed by atoms with Gasteiger partial charge < -0.3 is 19.4 Å². The van der Waals surface area contributed by atoms with Crippen LogP contribution in [0.1, 0.15) is 23.3 Å². The van der Waals surface area contributed by atoms with Crippen LogP contribution in [0.3, 0.4) is 0 Å². The van der Waals surface area contributed by atoms with E-state index in [1.54, 1.807) is 12.3 Å². The Morgan fingerprint density at radius 2 is 2.15 bits per heavy atom. The molecule has 1 spiro atoms. The Morgan fingerprint density at radius 1 is 1.26 bits per heavy atom. The molecule has 1 N–H and O–H groups in total. The van der Waals surface area contributed by atoms with Gasteiger partial charge in [-0.1, -0.05) is 0 Å². The number of morpholine rings is 1. The van der Waals surface area contributed by atoms with Crippen LogP contribution >= 0.6 is 0 Å². The molecule has 0 aromatic carbocycles. The lowest BCUT2D eigenvalue weighted by Gasteiger charge is -2.48. The number of nitrogens with one attached hydrogen (secondary N) is 1. The van der Waals surface area contributed by atoms with Crippen molar-refractivity contribution in [2.24, 2.45) is 0 Å². The lowest BCUT2D eigenvalue weighted by atomic mass is 9.90. The van der Waals surface area contributed by atoms with Gasteiger partial charge >= 0.3 is 0 Å². The second-order valence-electron chi connectivity index (χ2n) is 7.52. The van der Waals surface area contributed by atoms with Crippen molar-refractivity contribution in [3.05, 3.63) is 36.3 Å². The number of hydrogen-bond donors (Lipinski definition) is 1. The molecule has 2 aromatic rings. The number of aromatic nitrogens is 3. The topological polar surface area (TPSA) is 77.6 Å². The van der Waals surface area contributed by atoms with Crippen molar-refractivity contribution in [2.75, 3.05) is 56.7 Å². The van der Waals surface area contributed by atoms with Gasteiger partial charge in [0.25, 0.3) is 5.91 Å². The minimum atomic E-state index is -0.339.